The van der Waals surface area contributed by atoms with Gasteiger partial charge in [0.25, 0.3) is 0 Å². The first-order valence-corrected chi connectivity index (χ1v) is 3.65. The van der Waals surface area contributed by atoms with Crippen LogP contribution in [0.1, 0.15) is 12.8 Å². The van der Waals surface area contributed by atoms with Crippen LogP contribution in [0.3, 0.4) is 0 Å². The third kappa shape index (κ3) is 0.274. The fraction of sp³-hybridized carbons (Fsp3) is 1.00. The van der Waals surface area contributed by atoms with Crippen molar-refractivity contribution in [2.24, 2.45) is 5.41 Å². The summed E-state index contributed by atoms with van der Waals surface area (Å²) in [4.78, 5) is 0. The summed E-state index contributed by atoms with van der Waals surface area (Å²) in [5.41, 5.74) is 0.935. The zero-order chi connectivity index (χ0) is 4.04. The van der Waals surface area contributed by atoms with Crippen molar-refractivity contribution in [2.75, 3.05) is 11.5 Å². The Bertz CT molecular complexity index is 68.0. The molecule has 0 nitrogen and oxygen atoms in total. The molecule has 6 heavy (non-hydrogen) atoms. The standard InChI is InChI=1S/C5H8S/c1-2-5(1)3-6-4-5/h1-4H2. The molecule has 0 aromatic heterocycles. The normalized spacial score (nSPS) is 36.0. The molecule has 2 aliphatic rings. The van der Waals surface area contributed by atoms with Crippen LogP contribution in [0.4, 0.5) is 0 Å². The average Bonchev–Trinajstić information content (AvgIpc) is 2.02. The zero-order valence-electron chi connectivity index (χ0n) is 3.74. The maximum atomic E-state index is 2.11. The molecular formula is C5H8S. The first kappa shape index (κ1) is 3.36. The predicted octanol–water partition coefficient (Wildman–Crippen LogP) is 1.51. The lowest BCUT2D eigenvalue weighted by atomic mass is 10.2. The highest BCUT2D eigenvalue weighted by Crippen LogP contribution is 2.57. The molecule has 34 valence electrons. The molecule has 1 heterocycles. The van der Waals surface area contributed by atoms with E-state index in [9.17, 15) is 0 Å². The summed E-state index contributed by atoms with van der Waals surface area (Å²) >= 11 is 2.11. The zero-order valence-corrected chi connectivity index (χ0v) is 4.55. The summed E-state index contributed by atoms with van der Waals surface area (Å²) in [5.74, 6) is 2.96. The van der Waals surface area contributed by atoms with Crippen molar-refractivity contribution in [1.29, 1.82) is 0 Å². The Morgan fingerprint density at radius 3 is 1.83 bits per heavy atom. The lowest BCUT2D eigenvalue weighted by Gasteiger charge is -2.23. The Morgan fingerprint density at radius 2 is 1.83 bits per heavy atom. The minimum atomic E-state index is 0.935. The van der Waals surface area contributed by atoms with Crippen LogP contribution in [0.5, 0.6) is 0 Å². The molecule has 0 bridgehead atoms. The van der Waals surface area contributed by atoms with Gasteiger partial charge >= 0.3 is 0 Å². The molecule has 0 atom stereocenters. The van der Waals surface area contributed by atoms with Crippen molar-refractivity contribution in [2.45, 2.75) is 12.8 Å². The molecule has 0 amide bonds. The van der Waals surface area contributed by atoms with Gasteiger partial charge in [-0.05, 0) is 29.8 Å². The molecule has 0 aromatic carbocycles. The number of rotatable bonds is 0. The minimum absolute atomic E-state index is 0.935. The Morgan fingerprint density at radius 1 is 1.17 bits per heavy atom. The van der Waals surface area contributed by atoms with Crippen molar-refractivity contribution in [3.63, 3.8) is 0 Å². The van der Waals surface area contributed by atoms with Crippen molar-refractivity contribution < 1.29 is 0 Å². The molecule has 1 heteroatoms. The highest BCUT2D eigenvalue weighted by atomic mass is 32.2. The van der Waals surface area contributed by atoms with Crippen molar-refractivity contribution in [3.05, 3.63) is 0 Å². The van der Waals surface area contributed by atoms with Crippen LogP contribution in [0.25, 0.3) is 0 Å². The molecule has 1 aliphatic heterocycles. The molecule has 2 fully saturated rings. The second-order valence-corrected chi connectivity index (χ2v) is 3.48. The van der Waals surface area contributed by atoms with Gasteiger partial charge in [0.15, 0.2) is 0 Å². The van der Waals surface area contributed by atoms with E-state index < -0.39 is 0 Å². The Kier molecular flexibility index (Phi) is 0.441. The maximum absolute atomic E-state index is 2.11. The van der Waals surface area contributed by atoms with Crippen LogP contribution < -0.4 is 0 Å². The first-order valence-electron chi connectivity index (χ1n) is 2.49. The third-order valence-electron chi connectivity index (χ3n) is 1.77. The topological polar surface area (TPSA) is 0 Å². The largest absolute Gasteiger partial charge is 0.161 e. The van der Waals surface area contributed by atoms with E-state index >= 15 is 0 Å². The van der Waals surface area contributed by atoms with E-state index in [0.717, 1.165) is 5.41 Å². The minimum Gasteiger partial charge on any atom is -0.161 e. The van der Waals surface area contributed by atoms with Crippen LogP contribution in [-0.4, -0.2) is 11.5 Å². The van der Waals surface area contributed by atoms with E-state index in [1.165, 1.54) is 11.5 Å². The van der Waals surface area contributed by atoms with Crippen molar-refractivity contribution in [1.82, 2.24) is 0 Å². The SMILES string of the molecule is C1CC12CSC2. The van der Waals surface area contributed by atoms with Gasteiger partial charge in [0.05, 0.1) is 0 Å². The maximum Gasteiger partial charge on any atom is -0.000268 e. The van der Waals surface area contributed by atoms with Gasteiger partial charge in [-0.15, -0.1) is 0 Å². The van der Waals surface area contributed by atoms with Crippen LogP contribution in [0, 0.1) is 5.41 Å². The number of thioether (sulfide) groups is 1. The van der Waals surface area contributed by atoms with E-state index in [1.54, 1.807) is 12.8 Å². The van der Waals surface area contributed by atoms with Crippen LogP contribution >= 0.6 is 11.8 Å². The summed E-state index contributed by atoms with van der Waals surface area (Å²) in [6, 6.07) is 0. The van der Waals surface area contributed by atoms with Crippen LogP contribution in [0.15, 0.2) is 0 Å². The van der Waals surface area contributed by atoms with Gasteiger partial charge in [0.1, 0.15) is 0 Å². The fourth-order valence-corrected chi connectivity index (χ4v) is 2.22. The summed E-state index contributed by atoms with van der Waals surface area (Å²) in [6.45, 7) is 0. The molecule has 0 unspecified atom stereocenters. The monoisotopic (exact) mass is 100 g/mol. The molecule has 0 aromatic rings. The Labute approximate surface area is 42.3 Å². The average molecular weight is 100 g/mol. The molecule has 1 aliphatic carbocycles. The molecule has 1 spiro atoms. The number of hydrogen-bond donors (Lipinski definition) is 0. The van der Waals surface area contributed by atoms with Gasteiger partial charge in [-0.3, -0.25) is 0 Å². The smallest absolute Gasteiger partial charge is 0.000268 e. The van der Waals surface area contributed by atoms with Crippen molar-refractivity contribution in [3.8, 4) is 0 Å². The lowest BCUT2D eigenvalue weighted by Crippen LogP contribution is -2.18. The predicted molar refractivity (Wildman–Crippen MR) is 29.0 cm³/mol. The molecule has 2 rings (SSSR count). The second kappa shape index (κ2) is 0.786. The first-order chi connectivity index (χ1) is 2.91. The van der Waals surface area contributed by atoms with E-state index in [-0.39, 0.29) is 0 Å². The Hall–Kier alpha value is 0.350. The van der Waals surface area contributed by atoms with E-state index in [1.807, 2.05) is 0 Å². The van der Waals surface area contributed by atoms with Gasteiger partial charge in [0.2, 0.25) is 0 Å². The molecular weight excluding hydrogens is 92.1 g/mol. The van der Waals surface area contributed by atoms with Gasteiger partial charge in [-0.2, -0.15) is 11.8 Å². The molecule has 1 saturated heterocycles. The van der Waals surface area contributed by atoms with Gasteiger partial charge in [-0.1, -0.05) is 0 Å². The molecule has 0 radical (unpaired) electrons. The van der Waals surface area contributed by atoms with E-state index in [0.29, 0.717) is 0 Å². The van der Waals surface area contributed by atoms with Crippen LogP contribution in [0.2, 0.25) is 0 Å². The van der Waals surface area contributed by atoms with Gasteiger partial charge < -0.3 is 0 Å². The van der Waals surface area contributed by atoms with E-state index in [2.05, 4.69) is 11.8 Å². The van der Waals surface area contributed by atoms with Crippen LogP contribution in [-0.2, 0) is 0 Å². The fourth-order valence-electron chi connectivity index (χ4n) is 0.856. The van der Waals surface area contributed by atoms with Crippen molar-refractivity contribution >= 4 is 11.8 Å². The quantitative estimate of drug-likeness (QED) is 0.444. The summed E-state index contributed by atoms with van der Waals surface area (Å²) in [5, 5.41) is 0. The highest BCUT2D eigenvalue weighted by molar-refractivity contribution is 8.00. The number of hydrogen-bond acceptors (Lipinski definition) is 1. The summed E-state index contributed by atoms with van der Waals surface area (Å²) < 4.78 is 0. The lowest BCUT2D eigenvalue weighted by molar-refractivity contribution is 0.640. The second-order valence-electron chi connectivity index (χ2n) is 2.49. The molecule has 1 saturated carbocycles. The van der Waals surface area contributed by atoms with Gasteiger partial charge in [-0.25, -0.2) is 0 Å². The summed E-state index contributed by atoms with van der Waals surface area (Å²) in [7, 11) is 0. The van der Waals surface area contributed by atoms with E-state index in [4.69, 9.17) is 0 Å². The van der Waals surface area contributed by atoms with Gasteiger partial charge in [0, 0.05) is 0 Å². The molecule has 0 N–H and O–H groups in total. The highest BCUT2D eigenvalue weighted by Gasteiger charge is 2.47. The third-order valence-corrected chi connectivity index (χ3v) is 3.41. The Balaban J connectivity index is 2.09. The summed E-state index contributed by atoms with van der Waals surface area (Å²) in [6.07, 6.45) is 3.08.